The first-order valence-corrected chi connectivity index (χ1v) is 10.8. The van der Waals surface area contributed by atoms with Crippen LogP contribution in [0.1, 0.15) is 15.9 Å². The van der Waals surface area contributed by atoms with Crippen LogP contribution in [0.3, 0.4) is 0 Å². The molecule has 32 heavy (non-hydrogen) atoms. The molecular weight excluding hydrogens is 480 g/mol. The molecular formula is C21H16Cl2FN3O4S. The molecule has 1 fully saturated rings. The SMILES string of the molecule is O=C(CNC(=O)c1ccccc1F)NCCN1C(=O)S/C(=C\c2ccc(Cl)cc2Cl)C1=O. The summed E-state index contributed by atoms with van der Waals surface area (Å²) < 4.78 is 13.6. The van der Waals surface area contributed by atoms with Crippen LogP contribution in [0.5, 0.6) is 0 Å². The van der Waals surface area contributed by atoms with Crippen molar-refractivity contribution in [1.82, 2.24) is 15.5 Å². The summed E-state index contributed by atoms with van der Waals surface area (Å²) in [5.41, 5.74) is 0.367. The second-order valence-electron chi connectivity index (χ2n) is 6.51. The third-order valence-corrected chi connectivity index (χ3v) is 5.78. The van der Waals surface area contributed by atoms with E-state index in [1.54, 1.807) is 12.1 Å². The normalized spacial score (nSPS) is 14.7. The number of carbonyl (C=O) groups is 4. The topological polar surface area (TPSA) is 95.6 Å². The Labute approximate surface area is 196 Å². The fourth-order valence-electron chi connectivity index (χ4n) is 2.72. The summed E-state index contributed by atoms with van der Waals surface area (Å²) in [6.45, 7) is -0.450. The first-order chi connectivity index (χ1) is 15.3. The molecule has 0 saturated carbocycles. The van der Waals surface area contributed by atoms with Gasteiger partial charge >= 0.3 is 0 Å². The lowest BCUT2D eigenvalue weighted by Crippen LogP contribution is -2.41. The van der Waals surface area contributed by atoms with Crippen molar-refractivity contribution in [1.29, 1.82) is 0 Å². The van der Waals surface area contributed by atoms with E-state index in [1.807, 2.05) is 0 Å². The van der Waals surface area contributed by atoms with Crippen LogP contribution in [0.2, 0.25) is 10.0 Å². The van der Waals surface area contributed by atoms with E-state index < -0.39 is 28.8 Å². The molecule has 2 N–H and O–H groups in total. The summed E-state index contributed by atoms with van der Waals surface area (Å²) in [4.78, 5) is 49.7. The van der Waals surface area contributed by atoms with Gasteiger partial charge in [-0.05, 0) is 47.7 Å². The first kappa shape index (κ1) is 23.8. The summed E-state index contributed by atoms with van der Waals surface area (Å²) in [6, 6.07) is 10.2. The molecule has 0 radical (unpaired) electrons. The van der Waals surface area contributed by atoms with E-state index in [4.69, 9.17) is 23.2 Å². The van der Waals surface area contributed by atoms with Crippen LogP contribution in [0.25, 0.3) is 6.08 Å². The maximum absolute atomic E-state index is 13.6. The van der Waals surface area contributed by atoms with Crippen molar-refractivity contribution in [2.45, 2.75) is 0 Å². The van der Waals surface area contributed by atoms with Gasteiger partial charge in [-0.15, -0.1) is 0 Å². The fourth-order valence-corrected chi connectivity index (χ4v) is 4.04. The molecule has 2 aromatic carbocycles. The molecule has 0 aromatic heterocycles. The van der Waals surface area contributed by atoms with Gasteiger partial charge in [-0.25, -0.2) is 4.39 Å². The lowest BCUT2D eigenvalue weighted by atomic mass is 10.2. The van der Waals surface area contributed by atoms with Crippen LogP contribution in [-0.4, -0.2) is 47.5 Å². The van der Waals surface area contributed by atoms with Crippen LogP contribution in [0.15, 0.2) is 47.4 Å². The highest BCUT2D eigenvalue weighted by Crippen LogP contribution is 2.33. The Hall–Kier alpha value is -2.88. The van der Waals surface area contributed by atoms with E-state index in [-0.39, 0.29) is 30.1 Å². The van der Waals surface area contributed by atoms with Crippen LogP contribution >= 0.6 is 35.0 Å². The van der Waals surface area contributed by atoms with Gasteiger partial charge in [0.2, 0.25) is 5.91 Å². The molecule has 2 aromatic rings. The number of hydrogen-bond acceptors (Lipinski definition) is 5. The van der Waals surface area contributed by atoms with Gasteiger partial charge in [-0.2, -0.15) is 0 Å². The summed E-state index contributed by atoms with van der Waals surface area (Å²) in [6.07, 6.45) is 1.50. The number of benzene rings is 2. The minimum atomic E-state index is -0.727. The third kappa shape index (κ3) is 5.87. The second kappa shape index (κ2) is 10.6. The number of nitrogens with one attached hydrogen (secondary N) is 2. The average Bonchev–Trinajstić information content (AvgIpc) is 3.01. The van der Waals surface area contributed by atoms with Gasteiger partial charge in [0.1, 0.15) is 5.82 Å². The van der Waals surface area contributed by atoms with E-state index >= 15 is 0 Å². The number of hydrogen-bond donors (Lipinski definition) is 2. The lowest BCUT2D eigenvalue weighted by Gasteiger charge is -2.13. The molecule has 0 atom stereocenters. The molecule has 7 nitrogen and oxygen atoms in total. The maximum atomic E-state index is 13.6. The van der Waals surface area contributed by atoms with Gasteiger partial charge in [0.25, 0.3) is 17.1 Å². The lowest BCUT2D eigenvalue weighted by molar-refractivity contribution is -0.124. The molecule has 11 heteroatoms. The first-order valence-electron chi connectivity index (χ1n) is 9.26. The number of thioether (sulfide) groups is 1. The van der Waals surface area contributed by atoms with Crippen LogP contribution in [0, 0.1) is 5.82 Å². The zero-order valence-electron chi connectivity index (χ0n) is 16.4. The van der Waals surface area contributed by atoms with E-state index in [2.05, 4.69) is 10.6 Å². The minimum absolute atomic E-state index is 0.0125. The van der Waals surface area contributed by atoms with Crippen LogP contribution in [0.4, 0.5) is 9.18 Å². The quantitative estimate of drug-likeness (QED) is 0.570. The number of rotatable bonds is 7. The number of nitrogens with zero attached hydrogens (tertiary/aromatic N) is 1. The Morgan fingerprint density at radius 1 is 1.09 bits per heavy atom. The molecule has 0 unspecified atom stereocenters. The van der Waals surface area contributed by atoms with Crippen molar-refractivity contribution in [3.63, 3.8) is 0 Å². The standard InChI is InChI=1S/C21H16Cl2FN3O4S/c22-13-6-5-12(15(23)10-13)9-17-20(30)27(21(31)32-17)8-7-25-18(28)11-26-19(29)14-3-1-2-4-16(14)24/h1-6,9-10H,7-8,11H2,(H,25,28)(H,26,29)/b17-9-. The molecule has 0 bridgehead atoms. The van der Waals surface area contributed by atoms with E-state index in [0.717, 1.165) is 22.7 Å². The Kier molecular flexibility index (Phi) is 7.89. The molecule has 1 aliphatic heterocycles. The second-order valence-corrected chi connectivity index (χ2v) is 8.35. The van der Waals surface area contributed by atoms with Gasteiger partial charge in [-0.3, -0.25) is 24.1 Å². The number of amides is 4. The van der Waals surface area contributed by atoms with E-state index in [0.29, 0.717) is 15.6 Å². The number of carbonyl (C=O) groups excluding carboxylic acids is 4. The predicted molar refractivity (Wildman–Crippen MR) is 121 cm³/mol. The molecule has 0 spiro atoms. The van der Waals surface area contributed by atoms with Crippen LogP contribution in [-0.2, 0) is 9.59 Å². The highest BCUT2D eigenvalue weighted by molar-refractivity contribution is 8.18. The molecule has 166 valence electrons. The Morgan fingerprint density at radius 2 is 1.84 bits per heavy atom. The zero-order chi connectivity index (χ0) is 23.3. The highest BCUT2D eigenvalue weighted by Gasteiger charge is 2.34. The number of halogens is 3. The molecule has 1 saturated heterocycles. The van der Waals surface area contributed by atoms with E-state index in [1.165, 1.54) is 30.3 Å². The van der Waals surface area contributed by atoms with Crippen molar-refractivity contribution in [3.8, 4) is 0 Å². The highest BCUT2D eigenvalue weighted by atomic mass is 35.5. The van der Waals surface area contributed by atoms with Crippen molar-refractivity contribution >= 4 is 64.0 Å². The van der Waals surface area contributed by atoms with Crippen molar-refractivity contribution < 1.29 is 23.6 Å². The maximum Gasteiger partial charge on any atom is 0.293 e. The van der Waals surface area contributed by atoms with Gasteiger partial charge in [-0.1, -0.05) is 41.4 Å². The summed E-state index contributed by atoms with van der Waals surface area (Å²) in [5.74, 6) is -2.48. The van der Waals surface area contributed by atoms with Crippen LogP contribution < -0.4 is 10.6 Å². The largest absolute Gasteiger partial charge is 0.353 e. The summed E-state index contributed by atoms with van der Waals surface area (Å²) in [7, 11) is 0. The Morgan fingerprint density at radius 3 is 2.56 bits per heavy atom. The third-order valence-electron chi connectivity index (χ3n) is 4.31. The molecule has 1 aliphatic rings. The predicted octanol–water partition coefficient (Wildman–Crippen LogP) is 3.72. The monoisotopic (exact) mass is 495 g/mol. The molecule has 1 heterocycles. The molecule has 0 aliphatic carbocycles. The average molecular weight is 496 g/mol. The summed E-state index contributed by atoms with van der Waals surface area (Å²) >= 11 is 12.7. The van der Waals surface area contributed by atoms with Crippen molar-refractivity contribution in [2.24, 2.45) is 0 Å². The number of imide groups is 1. The van der Waals surface area contributed by atoms with Gasteiger partial charge in [0.05, 0.1) is 17.0 Å². The Balaban J connectivity index is 1.49. The summed E-state index contributed by atoms with van der Waals surface area (Å²) in [5, 5.41) is 5.11. The van der Waals surface area contributed by atoms with Crippen molar-refractivity contribution in [3.05, 3.63) is 74.4 Å². The minimum Gasteiger partial charge on any atom is -0.353 e. The van der Waals surface area contributed by atoms with E-state index in [9.17, 15) is 23.6 Å². The fraction of sp³-hybridized carbons (Fsp3) is 0.143. The zero-order valence-corrected chi connectivity index (χ0v) is 18.7. The smallest absolute Gasteiger partial charge is 0.293 e. The van der Waals surface area contributed by atoms with Gasteiger partial charge in [0, 0.05) is 23.1 Å². The molecule has 3 rings (SSSR count). The Bertz CT molecular complexity index is 1130. The molecule has 4 amide bonds. The van der Waals surface area contributed by atoms with Gasteiger partial charge in [0.15, 0.2) is 0 Å². The van der Waals surface area contributed by atoms with Crippen molar-refractivity contribution in [2.75, 3.05) is 19.6 Å². The van der Waals surface area contributed by atoms with Gasteiger partial charge < -0.3 is 10.6 Å².